The first kappa shape index (κ1) is 16.8. The lowest BCUT2D eigenvalue weighted by atomic mass is 10.1. The van der Waals surface area contributed by atoms with Crippen LogP contribution in [0.2, 0.25) is 0 Å². The molecule has 0 bridgehead atoms. The van der Waals surface area contributed by atoms with Crippen molar-refractivity contribution in [2.45, 2.75) is 6.04 Å². The molecule has 2 aliphatic heterocycles. The maximum Gasteiger partial charge on any atom is 0.251 e. The van der Waals surface area contributed by atoms with Gasteiger partial charge in [0.25, 0.3) is 5.91 Å². The van der Waals surface area contributed by atoms with E-state index in [0.29, 0.717) is 36.8 Å². The van der Waals surface area contributed by atoms with Gasteiger partial charge in [-0.2, -0.15) is 0 Å². The van der Waals surface area contributed by atoms with E-state index in [1.807, 2.05) is 18.3 Å². The number of pyridine rings is 1. The molecule has 0 radical (unpaired) electrons. The first-order chi connectivity index (χ1) is 12.8. The van der Waals surface area contributed by atoms with Crippen molar-refractivity contribution in [3.05, 3.63) is 53.9 Å². The molecule has 136 valence electrons. The lowest BCUT2D eigenvalue weighted by Gasteiger charge is -2.34. The third-order valence-electron chi connectivity index (χ3n) is 4.65. The largest absolute Gasteiger partial charge is 0.454 e. The monoisotopic (exact) mass is 355 g/mol. The summed E-state index contributed by atoms with van der Waals surface area (Å²) < 4.78 is 16.1. The average molecular weight is 355 g/mol. The number of carbonyl (C=O) groups is 1. The number of fused-ring (bicyclic) bond motifs is 1. The van der Waals surface area contributed by atoms with E-state index in [0.717, 1.165) is 18.7 Å². The van der Waals surface area contributed by atoms with Crippen LogP contribution in [0.4, 0.5) is 0 Å². The van der Waals surface area contributed by atoms with Crippen molar-refractivity contribution < 1.29 is 19.0 Å². The van der Waals surface area contributed by atoms with Crippen molar-refractivity contribution in [2.75, 3.05) is 39.6 Å². The highest BCUT2D eigenvalue weighted by atomic mass is 16.7. The Labute approximate surface area is 151 Å². The van der Waals surface area contributed by atoms with Crippen LogP contribution in [0.3, 0.4) is 0 Å². The highest BCUT2D eigenvalue weighted by Gasteiger charge is 2.24. The molecule has 1 N–H and O–H groups in total. The fraction of sp³-hybridized carbons (Fsp3) is 0.368. The highest BCUT2D eigenvalue weighted by molar-refractivity contribution is 5.94. The number of rotatable bonds is 5. The van der Waals surface area contributed by atoms with Crippen LogP contribution >= 0.6 is 0 Å². The summed E-state index contributed by atoms with van der Waals surface area (Å²) in [5.41, 5.74) is 1.64. The number of hydrogen-bond acceptors (Lipinski definition) is 6. The number of nitrogens with one attached hydrogen (secondary N) is 1. The predicted molar refractivity (Wildman–Crippen MR) is 94.3 cm³/mol. The van der Waals surface area contributed by atoms with E-state index in [9.17, 15) is 4.79 Å². The molecule has 7 heteroatoms. The van der Waals surface area contributed by atoms with Gasteiger partial charge in [0.1, 0.15) is 0 Å². The summed E-state index contributed by atoms with van der Waals surface area (Å²) in [6.07, 6.45) is 3.61. The van der Waals surface area contributed by atoms with E-state index in [2.05, 4.69) is 15.2 Å². The molecule has 0 spiro atoms. The SMILES string of the molecule is O=C(NC[C@@H](c1cccnc1)N1CCOCC1)c1ccc2c(c1)OCO2. The molecule has 1 amide bonds. The molecule has 1 atom stereocenters. The quantitative estimate of drug-likeness (QED) is 0.879. The molecule has 1 aromatic heterocycles. The highest BCUT2D eigenvalue weighted by Crippen LogP contribution is 2.32. The van der Waals surface area contributed by atoms with Crippen LogP contribution in [0.5, 0.6) is 11.5 Å². The second kappa shape index (κ2) is 7.72. The summed E-state index contributed by atoms with van der Waals surface area (Å²) in [5, 5.41) is 3.04. The Balaban J connectivity index is 1.46. The van der Waals surface area contributed by atoms with E-state index >= 15 is 0 Å². The van der Waals surface area contributed by atoms with Gasteiger partial charge in [-0.05, 0) is 29.8 Å². The van der Waals surface area contributed by atoms with Gasteiger partial charge in [0.15, 0.2) is 11.5 Å². The van der Waals surface area contributed by atoms with Crippen LogP contribution in [0.25, 0.3) is 0 Å². The van der Waals surface area contributed by atoms with E-state index in [1.54, 1.807) is 24.4 Å². The summed E-state index contributed by atoms with van der Waals surface area (Å²) in [7, 11) is 0. The smallest absolute Gasteiger partial charge is 0.251 e. The fourth-order valence-electron chi connectivity index (χ4n) is 3.25. The summed E-state index contributed by atoms with van der Waals surface area (Å²) in [6.45, 7) is 3.76. The Hall–Kier alpha value is -2.64. The Bertz CT molecular complexity index is 763. The van der Waals surface area contributed by atoms with Crippen molar-refractivity contribution in [3.63, 3.8) is 0 Å². The Morgan fingerprint density at radius 3 is 2.85 bits per heavy atom. The molecule has 0 unspecified atom stereocenters. The molecule has 1 fully saturated rings. The van der Waals surface area contributed by atoms with E-state index in [-0.39, 0.29) is 18.7 Å². The maximum atomic E-state index is 12.6. The molecule has 1 aromatic carbocycles. The van der Waals surface area contributed by atoms with E-state index in [4.69, 9.17) is 14.2 Å². The Morgan fingerprint density at radius 2 is 2.04 bits per heavy atom. The second-order valence-corrected chi connectivity index (χ2v) is 6.23. The van der Waals surface area contributed by atoms with Crippen molar-refractivity contribution in [3.8, 4) is 11.5 Å². The first-order valence-corrected chi connectivity index (χ1v) is 8.71. The average Bonchev–Trinajstić information content (AvgIpc) is 3.17. The second-order valence-electron chi connectivity index (χ2n) is 6.23. The molecule has 4 rings (SSSR count). The summed E-state index contributed by atoms with van der Waals surface area (Å²) >= 11 is 0. The van der Waals surface area contributed by atoms with Crippen LogP contribution in [0.15, 0.2) is 42.7 Å². The minimum Gasteiger partial charge on any atom is -0.454 e. The van der Waals surface area contributed by atoms with Crippen LogP contribution in [0, 0.1) is 0 Å². The van der Waals surface area contributed by atoms with E-state index in [1.165, 1.54) is 0 Å². The van der Waals surface area contributed by atoms with Gasteiger partial charge in [0.2, 0.25) is 6.79 Å². The number of morpholine rings is 1. The van der Waals surface area contributed by atoms with Crippen LogP contribution < -0.4 is 14.8 Å². The molecule has 3 heterocycles. The zero-order valence-electron chi connectivity index (χ0n) is 14.4. The van der Waals surface area contributed by atoms with Crippen molar-refractivity contribution in [1.29, 1.82) is 0 Å². The van der Waals surface area contributed by atoms with Gasteiger partial charge >= 0.3 is 0 Å². The molecule has 2 aromatic rings. The third-order valence-corrected chi connectivity index (χ3v) is 4.65. The van der Waals surface area contributed by atoms with Crippen molar-refractivity contribution >= 4 is 5.91 Å². The first-order valence-electron chi connectivity index (χ1n) is 8.71. The van der Waals surface area contributed by atoms with Crippen LogP contribution in [-0.4, -0.2) is 55.4 Å². The lowest BCUT2D eigenvalue weighted by molar-refractivity contribution is 0.0161. The van der Waals surface area contributed by atoms with Gasteiger partial charge in [0.05, 0.1) is 19.3 Å². The summed E-state index contributed by atoms with van der Waals surface area (Å²) in [4.78, 5) is 19.1. The van der Waals surface area contributed by atoms with Gasteiger partial charge in [0, 0.05) is 37.6 Å². The third kappa shape index (κ3) is 3.63. The zero-order valence-corrected chi connectivity index (χ0v) is 14.4. The molecular formula is C19H21N3O4. The number of hydrogen-bond donors (Lipinski definition) is 1. The van der Waals surface area contributed by atoms with Crippen molar-refractivity contribution in [1.82, 2.24) is 15.2 Å². The Morgan fingerprint density at radius 1 is 1.19 bits per heavy atom. The summed E-state index contributed by atoms with van der Waals surface area (Å²) in [6, 6.07) is 9.24. The number of amides is 1. The maximum absolute atomic E-state index is 12.6. The minimum absolute atomic E-state index is 0.0607. The number of ether oxygens (including phenoxy) is 3. The summed E-state index contributed by atoms with van der Waals surface area (Å²) in [5.74, 6) is 1.14. The number of nitrogens with zero attached hydrogens (tertiary/aromatic N) is 2. The molecule has 1 saturated heterocycles. The van der Waals surface area contributed by atoms with Gasteiger partial charge in [-0.3, -0.25) is 14.7 Å². The molecule has 26 heavy (non-hydrogen) atoms. The molecule has 0 aliphatic carbocycles. The fourth-order valence-corrected chi connectivity index (χ4v) is 3.25. The molecule has 0 saturated carbocycles. The normalized spacial score (nSPS) is 17.7. The minimum atomic E-state index is -0.134. The topological polar surface area (TPSA) is 72.9 Å². The van der Waals surface area contributed by atoms with Gasteiger partial charge in [-0.1, -0.05) is 6.07 Å². The van der Waals surface area contributed by atoms with Gasteiger partial charge in [-0.25, -0.2) is 0 Å². The Kier molecular flexibility index (Phi) is 4.99. The molecule has 7 nitrogen and oxygen atoms in total. The van der Waals surface area contributed by atoms with Crippen LogP contribution in [-0.2, 0) is 4.74 Å². The van der Waals surface area contributed by atoms with Crippen LogP contribution in [0.1, 0.15) is 22.0 Å². The van der Waals surface area contributed by atoms with Gasteiger partial charge in [-0.15, -0.1) is 0 Å². The van der Waals surface area contributed by atoms with E-state index < -0.39 is 0 Å². The number of benzene rings is 1. The predicted octanol–water partition coefficient (Wildman–Crippen LogP) is 1.61. The van der Waals surface area contributed by atoms with Crippen molar-refractivity contribution in [2.24, 2.45) is 0 Å². The number of carbonyl (C=O) groups excluding carboxylic acids is 1. The zero-order chi connectivity index (χ0) is 17.8. The molecule has 2 aliphatic rings. The standard InChI is InChI=1S/C19H21N3O4/c23-19(14-3-4-17-18(10-14)26-13-25-17)21-12-16(15-2-1-5-20-11-15)22-6-8-24-9-7-22/h1-5,10-11,16H,6-9,12-13H2,(H,21,23)/t16-/m0/s1. The lowest BCUT2D eigenvalue weighted by Crippen LogP contribution is -2.43. The molecular weight excluding hydrogens is 334 g/mol. The number of aromatic nitrogens is 1. The van der Waals surface area contributed by atoms with Gasteiger partial charge < -0.3 is 19.5 Å².